The molecule has 1 heterocycles. The van der Waals surface area contributed by atoms with Gasteiger partial charge in [0, 0.05) is 6.07 Å². The highest BCUT2D eigenvalue weighted by Gasteiger charge is 2.42. The van der Waals surface area contributed by atoms with Gasteiger partial charge in [-0.15, -0.1) is 0 Å². The van der Waals surface area contributed by atoms with Crippen LogP contribution in [0.5, 0.6) is 0 Å². The second-order valence-electron chi connectivity index (χ2n) is 2.74. The van der Waals surface area contributed by atoms with Crippen LogP contribution in [0.1, 0.15) is 11.8 Å². The molecular weight excluding hydrogens is 174 g/mol. The van der Waals surface area contributed by atoms with Crippen LogP contribution in [0.25, 0.3) is 0 Å². The molecule has 68 valence electrons. The van der Waals surface area contributed by atoms with Crippen molar-refractivity contribution in [2.45, 2.75) is 6.23 Å². The lowest BCUT2D eigenvalue weighted by atomic mass is 10.0. The number of fused-ring (bicyclic) bond motifs is 1. The normalized spacial score (nSPS) is 22.8. The van der Waals surface area contributed by atoms with E-state index in [0.717, 1.165) is 0 Å². The molecule has 5 heteroatoms. The lowest BCUT2D eigenvalue weighted by molar-refractivity contribution is -0.141. The second-order valence-corrected chi connectivity index (χ2v) is 2.74. The van der Waals surface area contributed by atoms with Crippen molar-refractivity contribution >= 4 is 12.2 Å². The van der Waals surface area contributed by atoms with Gasteiger partial charge >= 0.3 is 0 Å². The maximum atomic E-state index is 11.2. The summed E-state index contributed by atoms with van der Waals surface area (Å²) in [4.78, 5) is 8.12. The first-order chi connectivity index (χ1) is 6.18. The van der Waals surface area contributed by atoms with Gasteiger partial charge in [-0.05, 0) is 6.07 Å². The number of quaternary nitrogens is 1. The molecule has 0 aromatic heterocycles. The van der Waals surface area contributed by atoms with E-state index in [-0.39, 0.29) is 12.2 Å². The van der Waals surface area contributed by atoms with Crippen LogP contribution in [-0.2, 0) is 9.53 Å². The van der Waals surface area contributed by atoms with Crippen LogP contribution >= 0.6 is 0 Å². The summed E-state index contributed by atoms with van der Waals surface area (Å²) in [5.41, 5.74) is 0.592. The van der Waals surface area contributed by atoms with Crippen molar-refractivity contribution in [3.05, 3.63) is 40.2 Å². The highest BCUT2D eigenvalue weighted by Crippen LogP contribution is 2.48. The predicted octanol–water partition coefficient (Wildman–Crippen LogP) is 1.17. The SMILES string of the molecule is O=COC1c2ccccc2[N+]1([O-])[O-]. The Bertz CT molecular complexity index is 350. The number of rotatable bonds is 2. The Hall–Kier alpha value is -1.43. The van der Waals surface area contributed by atoms with Crippen LogP contribution in [0.2, 0.25) is 0 Å². The fraction of sp³-hybridized carbons (Fsp3) is 0.125. The van der Waals surface area contributed by atoms with Crippen LogP contribution in [0, 0.1) is 10.4 Å². The minimum atomic E-state index is -1.88. The van der Waals surface area contributed by atoms with Crippen LogP contribution in [0.15, 0.2) is 24.3 Å². The molecule has 2 rings (SSSR count). The van der Waals surface area contributed by atoms with E-state index in [0.29, 0.717) is 5.56 Å². The molecule has 0 saturated carbocycles. The third-order valence-corrected chi connectivity index (χ3v) is 2.03. The number of para-hydroxylation sites is 1. The molecule has 1 aliphatic rings. The number of benzene rings is 1. The summed E-state index contributed by atoms with van der Waals surface area (Å²) < 4.78 is 4.39. The third kappa shape index (κ3) is 0.951. The summed E-state index contributed by atoms with van der Waals surface area (Å²) in [6.45, 7) is 0.114. The summed E-state index contributed by atoms with van der Waals surface area (Å²) in [5, 5.41) is 22.4. The molecule has 1 atom stereocenters. The Morgan fingerprint density at radius 3 is 2.77 bits per heavy atom. The van der Waals surface area contributed by atoms with Crippen LogP contribution in [0.3, 0.4) is 0 Å². The van der Waals surface area contributed by atoms with E-state index >= 15 is 0 Å². The first-order valence-electron chi connectivity index (χ1n) is 3.67. The van der Waals surface area contributed by atoms with E-state index in [4.69, 9.17) is 0 Å². The maximum absolute atomic E-state index is 11.2. The molecule has 1 aliphatic heterocycles. The molecule has 1 aromatic carbocycles. The third-order valence-electron chi connectivity index (χ3n) is 2.03. The molecule has 0 bridgehead atoms. The number of carbonyl (C=O) groups excluding carboxylic acids is 1. The lowest BCUT2D eigenvalue weighted by Crippen LogP contribution is -2.50. The van der Waals surface area contributed by atoms with Crippen molar-refractivity contribution in [1.29, 1.82) is 0 Å². The molecule has 0 amide bonds. The Kier molecular flexibility index (Phi) is 1.59. The zero-order chi connectivity index (χ0) is 9.47. The van der Waals surface area contributed by atoms with Crippen molar-refractivity contribution in [3.63, 3.8) is 0 Å². The van der Waals surface area contributed by atoms with E-state index in [1.807, 2.05) is 0 Å². The van der Waals surface area contributed by atoms with Crippen molar-refractivity contribution in [2.75, 3.05) is 0 Å². The smallest absolute Gasteiger partial charge is 0.297 e. The lowest BCUT2D eigenvalue weighted by Gasteiger charge is -2.57. The average molecular weight is 180 g/mol. The highest BCUT2D eigenvalue weighted by molar-refractivity contribution is 5.63. The van der Waals surface area contributed by atoms with E-state index < -0.39 is 11.0 Å². The van der Waals surface area contributed by atoms with Gasteiger partial charge in [-0.2, -0.15) is 0 Å². The molecule has 1 aromatic rings. The van der Waals surface area contributed by atoms with Gasteiger partial charge in [-0.25, -0.2) is 0 Å². The summed E-state index contributed by atoms with van der Waals surface area (Å²) in [6, 6.07) is 6.30. The van der Waals surface area contributed by atoms with E-state index in [1.165, 1.54) is 6.07 Å². The summed E-state index contributed by atoms with van der Waals surface area (Å²) in [5.74, 6) is 0. The molecule has 13 heavy (non-hydrogen) atoms. The van der Waals surface area contributed by atoms with Gasteiger partial charge in [-0.1, -0.05) is 12.1 Å². The second kappa shape index (κ2) is 2.53. The number of hydrogen-bond acceptors (Lipinski definition) is 4. The van der Waals surface area contributed by atoms with Crippen LogP contribution in [0.4, 0.5) is 5.69 Å². The van der Waals surface area contributed by atoms with Gasteiger partial charge in [0.05, 0.1) is 0 Å². The van der Waals surface area contributed by atoms with Crippen molar-refractivity contribution in [2.24, 2.45) is 0 Å². The molecule has 0 radical (unpaired) electrons. The minimum Gasteiger partial charge on any atom is -0.623 e. The number of carbonyl (C=O) groups is 1. The van der Waals surface area contributed by atoms with Crippen LogP contribution in [-0.4, -0.2) is 6.47 Å². The van der Waals surface area contributed by atoms with Crippen molar-refractivity contribution in [1.82, 2.24) is 4.81 Å². The van der Waals surface area contributed by atoms with Gasteiger partial charge in [0.15, 0.2) is 0 Å². The Morgan fingerprint density at radius 1 is 1.38 bits per heavy atom. The van der Waals surface area contributed by atoms with Gasteiger partial charge in [-0.3, -0.25) is 4.79 Å². The summed E-state index contributed by atoms with van der Waals surface area (Å²) in [6.07, 6.45) is -1.24. The molecule has 5 nitrogen and oxygen atoms in total. The number of nitrogens with zero attached hydrogens (tertiary/aromatic N) is 1. The number of hydroxylamine groups is 2. The van der Waals surface area contributed by atoms with E-state index in [9.17, 15) is 15.2 Å². The van der Waals surface area contributed by atoms with Crippen molar-refractivity contribution in [3.8, 4) is 0 Å². The standard InChI is InChI=1S/C8H6NO4/c10-5-13-8-6-3-1-2-4-7(6)9(8,11)12/h1-5,8H/q-1. The fourth-order valence-electron chi connectivity index (χ4n) is 1.43. The van der Waals surface area contributed by atoms with Crippen molar-refractivity contribution < 1.29 is 9.53 Å². The minimum absolute atomic E-state index is 0.106. The molecular formula is C8H6NO4-. The molecule has 0 saturated heterocycles. The van der Waals surface area contributed by atoms with E-state index in [1.54, 1.807) is 18.2 Å². The molecule has 0 N–H and O–H groups in total. The molecule has 1 unspecified atom stereocenters. The predicted molar refractivity (Wildman–Crippen MR) is 44.9 cm³/mol. The topological polar surface area (TPSA) is 72.4 Å². The van der Waals surface area contributed by atoms with Gasteiger partial charge in [0.1, 0.15) is 11.3 Å². The molecule has 0 fully saturated rings. The first-order valence-corrected chi connectivity index (χ1v) is 3.67. The summed E-state index contributed by atoms with van der Waals surface area (Å²) in [7, 11) is 0. The fourth-order valence-corrected chi connectivity index (χ4v) is 1.43. The quantitative estimate of drug-likeness (QED) is 0.389. The zero-order valence-corrected chi connectivity index (χ0v) is 6.54. The zero-order valence-electron chi connectivity index (χ0n) is 6.54. The summed E-state index contributed by atoms with van der Waals surface area (Å²) >= 11 is 0. The monoisotopic (exact) mass is 180 g/mol. The number of ether oxygens (including phenoxy) is 1. The van der Waals surface area contributed by atoms with Crippen LogP contribution < -0.4 is 4.81 Å². The average Bonchev–Trinajstić information content (AvgIpc) is 2.14. The highest BCUT2D eigenvalue weighted by atomic mass is 16.9. The first kappa shape index (κ1) is 8.18. The number of hydrogen-bond donors (Lipinski definition) is 0. The molecule has 0 spiro atoms. The van der Waals surface area contributed by atoms with Gasteiger partial charge in [0.25, 0.3) is 12.7 Å². The Labute approximate surface area is 73.9 Å². The van der Waals surface area contributed by atoms with Gasteiger partial charge in [0.2, 0.25) is 0 Å². The largest absolute Gasteiger partial charge is 0.623 e. The van der Waals surface area contributed by atoms with Gasteiger partial charge < -0.3 is 20.0 Å². The maximum Gasteiger partial charge on any atom is 0.297 e. The Morgan fingerprint density at radius 2 is 2.08 bits per heavy atom. The Balaban J connectivity index is 2.41. The molecule has 0 aliphatic carbocycles. The van der Waals surface area contributed by atoms with E-state index in [2.05, 4.69) is 4.74 Å².